The lowest BCUT2D eigenvalue weighted by Gasteiger charge is -2.50. The van der Waals surface area contributed by atoms with Gasteiger partial charge < -0.3 is 63.8 Å². The molecule has 0 radical (unpaired) electrons. The number of likely N-dealkylation sites (N-methyl/N-ethyl adjacent to an activating group) is 1. The summed E-state index contributed by atoms with van der Waals surface area (Å²) in [5.74, 6) is -4.37. The number of Topliss-reactive ketones (excluding diaryl/α,β-unsaturated/α-hetero) is 1. The van der Waals surface area contributed by atoms with Gasteiger partial charge in [0.1, 0.15) is 29.7 Å². The van der Waals surface area contributed by atoms with Crippen LogP contribution in [-0.2, 0) is 47.5 Å². The van der Waals surface area contributed by atoms with Crippen LogP contribution in [0.25, 0.3) is 0 Å². The fourth-order valence-electron chi connectivity index (χ4n) is 9.14. The standard InChI is InChI=1S/C42H78N2O13/c1-16-30-42(11,49)35(46)25(5)32(45)22(2)20-41(10,51-15)37(57-39-34(52-18-17-23(3)43)29(44(12)13)19-24(4)53-39)26(6)33(27(7)38(48)55-30)56-31-21-40(9,50-14)36(47)28(8)54-31/h22-31,33-37,39,46-47,49H,16-21,43H2,1-15H3/t22-,23?,24-,25+,26+,27-,28+,29+,30-,31+,33+,34-,35-,36+,37-,39+,40-,41+,42-/m1/s1. The predicted octanol–water partition coefficient (Wildman–Crippen LogP) is 3.20. The van der Waals surface area contributed by atoms with Gasteiger partial charge in [-0.25, -0.2) is 0 Å². The smallest absolute Gasteiger partial charge is 0.311 e. The van der Waals surface area contributed by atoms with E-state index in [0.29, 0.717) is 19.4 Å². The molecule has 0 bridgehead atoms. The second kappa shape index (κ2) is 20.5. The highest BCUT2D eigenvalue weighted by Crippen LogP contribution is 2.42. The second-order valence-electron chi connectivity index (χ2n) is 18.2. The number of hydrogen-bond acceptors (Lipinski definition) is 15. The van der Waals surface area contributed by atoms with E-state index in [9.17, 15) is 24.9 Å². The molecule has 57 heavy (non-hydrogen) atoms. The van der Waals surface area contributed by atoms with Crippen molar-refractivity contribution < 1.29 is 62.8 Å². The molecule has 5 N–H and O–H groups in total. The third kappa shape index (κ3) is 11.5. The number of ether oxygens (including phenoxy) is 8. The molecule has 3 aliphatic heterocycles. The molecule has 3 heterocycles. The fraction of sp³-hybridized carbons (Fsp3) is 0.952. The summed E-state index contributed by atoms with van der Waals surface area (Å²) in [5.41, 5.74) is 1.89. The van der Waals surface area contributed by atoms with Crippen molar-refractivity contribution in [3.63, 3.8) is 0 Å². The predicted molar refractivity (Wildman–Crippen MR) is 213 cm³/mol. The molecule has 0 aromatic rings. The van der Waals surface area contributed by atoms with Crippen LogP contribution >= 0.6 is 0 Å². The Morgan fingerprint density at radius 2 is 1.51 bits per heavy atom. The van der Waals surface area contributed by atoms with Gasteiger partial charge in [0.15, 0.2) is 12.6 Å². The minimum absolute atomic E-state index is 0.0807. The lowest BCUT2D eigenvalue weighted by Crippen LogP contribution is -2.62. The van der Waals surface area contributed by atoms with Crippen LogP contribution in [0.2, 0.25) is 0 Å². The third-order valence-corrected chi connectivity index (χ3v) is 13.1. The molecule has 1 unspecified atom stereocenters. The first-order valence-electron chi connectivity index (χ1n) is 21.0. The Morgan fingerprint density at radius 3 is 2.05 bits per heavy atom. The summed E-state index contributed by atoms with van der Waals surface area (Å²) in [6.45, 7) is 19.7. The van der Waals surface area contributed by atoms with Crippen molar-refractivity contribution in [2.75, 3.05) is 34.9 Å². The molecule has 19 atom stereocenters. The number of nitrogens with zero attached hydrogens (tertiary/aromatic N) is 1. The maximum absolute atomic E-state index is 14.4. The van der Waals surface area contributed by atoms with Gasteiger partial charge in [-0.2, -0.15) is 0 Å². The summed E-state index contributed by atoms with van der Waals surface area (Å²) in [7, 11) is 7.04. The Labute approximate surface area is 341 Å². The van der Waals surface area contributed by atoms with E-state index in [-0.39, 0.29) is 43.2 Å². The summed E-state index contributed by atoms with van der Waals surface area (Å²) in [4.78, 5) is 30.6. The Hall–Kier alpha value is -1.34. The molecule has 3 aliphatic rings. The van der Waals surface area contributed by atoms with Gasteiger partial charge in [0, 0.05) is 57.1 Å². The van der Waals surface area contributed by atoms with Crippen LogP contribution in [0.1, 0.15) is 108 Å². The lowest BCUT2D eigenvalue weighted by atomic mass is 9.74. The van der Waals surface area contributed by atoms with Gasteiger partial charge in [-0.15, -0.1) is 0 Å². The molecule has 15 heteroatoms. The summed E-state index contributed by atoms with van der Waals surface area (Å²) in [5, 5.41) is 34.3. The van der Waals surface area contributed by atoms with E-state index in [4.69, 9.17) is 43.6 Å². The molecular weight excluding hydrogens is 740 g/mol. The fourth-order valence-corrected chi connectivity index (χ4v) is 9.14. The number of aliphatic hydroxyl groups excluding tert-OH is 2. The van der Waals surface area contributed by atoms with Crippen LogP contribution in [0.5, 0.6) is 0 Å². The first-order valence-corrected chi connectivity index (χ1v) is 21.0. The van der Waals surface area contributed by atoms with Crippen molar-refractivity contribution in [1.29, 1.82) is 0 Å². The summed E-state index contributed by atoms with van der Waals surface area (Å²) >= 11 is 0. The van der Waals surface area contributed by atoms with E-state index < -0.39 is 102 Å². The summed E-state index contributed by atoms with van der Waals surface area (Å²) in [6, 6.07) is -0.171. The number of hydrogen-bond donors (Lipinski definition) is 4. The van der Waals surface area contributed by atoms with Crippen molar-refractivity contribution in [3.05, 3.63) is 0 Å². The molecule has 3 saturated heterocycles. The Morgan fingerprint density at radius 1 is 0.895 bits per heavy atom. The molecule has 0 amide bonds. The van der Waals surface area contributed by atoms with E-state index in [0.717, 1.165) is 0 Å². The van der Waals surface area contributed by atoms with Gasteiger partial charge in [-0.3, -0.25) is 9.59 Å². The summed E-state index contributed by atoms with van der Waals surface area (Å²) in [6.07, 6.45) is -7.11. The number of cyclic esters (lactones) is 1. The highest BCUT2D eigenvalue weighted by molar-refractivity contribution is 5.83. The number of carbonyl (C=O) groups excluding carboxylic acids is 2. The zero-order valence-corrected chi connectivity index (χ0v) is 37.4. The number of ketones is 1. The van der Waals surface area contributed by atoms with Crippen LogP contribution in [0.15, 0.2) is 0 Å². The van der Waals surface area contributed by atoms with E-state index in [1.54, 1.807) is 48.7 Å². The van der Waals surface area contributed by atoms with Crippen molar-refractivity contribution >= 4 is 11.8 Å². The van der Waals surface area contributed by atoms with Gasteiger partial charge in [0.05, 0.1) is 47.6 Å². The van der Waals surface area contributed by atoms with E-state index in [1.807, 2.05) is 41.8 Å². The van der Waals surface area contributed by atoms with Crippen LogP contribution in [0.3, 0.4) is 0 Å². The van der Waals surface area contributed by atoms with Crippen molar-refractivity contribution in [2.24, 2.45) is 29.4 Å². The van der Waals surface area contributed by atoms with Crippen LogP contribution in [-0.4, -0.2) is 157 Å². The number of esters is 1. The largest absolute Gasteiger partial charge is 0.459 e. The van der Waals surface area contributed by atoms with Gasteiger partial charge in [-0.1, -0.05) is 27.7 Å². The van der Waals surface area contributed by atoms with Gasteiger partial charge in [0.2, 0.25) is 0 Å². The molecule has 0 aromatic heterocycles. The number of nitrogens with two attached hydrogens (primary N) is 1. The Balaban J connectivity index is 2.26. The van der Waals surface area contributed by atoms with Crippen LogP contribution < -0.4 is 5.73 Å². The van der Waals surface area contributed by atoms with Gasteiger partial charge >= 0.3 is 5.97 Å². The van der Waals surface area contributed by atoms with Gasteiger partial charge in [-0.05, 0) is 88.2 Å². The number of aliphatic hydroxyl groups is 3. The van der Waals surface area contributed by atoms with Crippen LogP contribution in [0, 0.1) is 23.7 Å². The van der Waals surface area contributed by atoms with Crippen molar-refractivity contribution in [3.8, 4) is 0 Å². The third-order valence-electron chi connectivity index (χ3n) is 13.1. The van der Waals surface area contributed by atoms with Crippen molar-refractivity contribution in [1.82, 2.24) is 4.90 Å². The quantitative estimate of drug-likeness (QED) is 0.209. The number of carbonyl (C=O) groups is 2. The molecule has 0 aliphatic carbocycles. The first kappa shape index (κ1) is 50.0. The molecule has 0 spiro atoms. The molecular formula is C42H78N2O13. The SMILES string of the molecule is CC[C@H]1OC(=O)[C@H](C)[C@@H](O[C@H]2C[C@@](C)(OC)[C@@H](O)[C@H](C)O2)[C@H](C)[C@@H](O[C@@H]2O[C@H](C)C[C@H](N(C)C)[C@H]2OCCC(C)N)[C@@](C)(OC)C[C@@H](C)C(=O)[C@H](C)[C@@H](O)[C@]1(C)O. The molecule has 334 valence electrons. The molecule has 0 aromatic carbocycles. The van der Waals surface area contributed by atoms with Crippen LogP contribution in [0.4, 0.5) is 0 Å². The van der Waals surface area contributed by atoms with Gasteiger partial charge in [0.25, 0.3) is 0 Å². The average molecular weight is 819 g/mol. The monoisotopic (exact) mass is 819 g/mol. The lowest BCUT2D eigenvalue weighted by molar-refractivity contribution is -0.322. The Kier molecular flexibility index (Phi) is 18.0. The topological polar surface area (TPSA) is 198 Å². The highest BCUT2D eigenvalue weighted by atomic mass is 16.7. The normalized spacial score (nSPS) is 46.4. The maximum Gasteiger partial charge on any atom is 0.311 e. The molecule has 3 fully saturated rings. The highest BCUT2D eigenvalue weighted by Gasteiger charge is 2.54. The average Bonchev–Trinajstić information content (AvgIpc) is 3.15. The van der Waals surface area contributed by atoms with E-state index >= 15 is 0 Å². The van der Waals surface area contributed by atoms with E-state index in [1.165, 1.54) is 14.0 Å². The molecule has 15 nitrogen and oxygen atoms in total. The maximum atomic E-state index is 14.4. The zero-order chi connectivity index (χ0) is 43.4. The minimum Gasteiger partial charge on any atom is -0.459 e. The van der Waals surface area contributed by atoms with Crippen molar-refractivity contribution in [2.45, 2.75) is 199 Å². The second-order valence-corrected chi connectivity index (χ2v) is 18.2. The zero-order valence-electron chi connectivity index (χ0n) is 37.4. The Bertz CT molecular complexity index is 1290. The first-order chi connectivity index (χ1) is 26.4. The number of rotatable bonds is 12. The number of methoxy groups -OCH3 is 2. The van der Waals surface area contributed by atoms with E-state index in [2.05, 4.69) is 4.90 Å². The molecule has 0 saturated carbocycles. The summed E-state index contributed by atoms with van der Waals surface area (Å²) < 4.78 is 51.6. The minimum atomic E-state index is -1.96. The molecule has 3 rings (SSSR count).